The van der Waals surface area contributed by atoms with Gasteiger partial charge in [0.1, 0.15) is 5.82 Å². The number of pyridine rings is 1. The number of hydrogen-bond donors (Lipinski definition) is 2. The number of halogens is 1. The highest BCUT2D eigenvalue weighted by Crippen LogP contribution is 2.24. The van der Waals surface area contributed by atoms with E-state index in [4.69, 9.17) is 5.73 Å². The average molecular weight is 306 g/mol. The van der Waals surface area contributed by atoms with Crippen LogP contribution in [0.15, 0.2) is 41.0 Å². The number of aryl methyl sites for hydroxylation is 1. The van der Waals surface area contributed by atoms with Gasteiger partial charge in [-0.05, 0) is 43.2 Å². The minimum absolute atomic E-state index is 0.162. The molecule has 0 amide bonds. The SMILES string of the molecule is Cc1ccnc(N[C@H](C)c2ccc(Br)cc2)c1N. The maximum Gasteiger partial charge on any atom is 0.149 e. The molecule has 3 nitrogen and oxygen atoms in total. The molecule has 0 unspecified atom stereocenters. The number of nitrogen functional groups attached to an aromatic ring is 1. The van der Waals surface area contributed by atoms with Crippen LogP contribution in [0.3, 0.4) is 0 Å². The molecule has 0 aliphatic heterocycles. The minimum Gasteiger partial charge on any atom is -0.396 e. The van der Waals surface area contributed by atoms with E-state index < -0.39 is 0 Å². The number of benzene rings is 1. The van der Waals surface area contributed by atoms with E-state index in [2.05, 4.69) is 45.3 Å². The Labute approximate surface area is 116 Å². The molecule has 18 heavy (non-hydrogen) atoms. The van der Waals surface area contributed by atoms with E-state index in [0.29, 0.717) is 5.69 Å². The quantitative estimate of drug-likeness (QED) is 0.904. The van der Waals surface area contributed by atoms with Crippen LogP contribution in [0.4, 0.5) is 11.5 Å². The molecule has 1 aromatic heterocycles. The molecule has 0 bridgehead atoms. The second kappa shape index (κ2) is 5.40. The number of rotatable bonds is 3. The van der Waals surface area contributed by atoms with Crippen molar-refractivity contribution >= 4 is 27.4 Å². The zero-order valence-electron chi connectivity index (χ0n) is 10.4. The summed E-state index contributed by atoms with van der Waals surface area (Å²) in [5.41, 5.74) is 8.94. The Balaban J connectivity index is 2.18. The normalized spacial score (nSPS) is 12.2. The van der Waals surface area contributed by atoms with Crippen molar-refractivity contribution in [1.29, 1.82) is 0 Å². The topological polar surface area (TPSA) is 50.9 Å². The maximum absolute atomic E-state index is 6.00. The minimum atomic E-state index is 0.162. The van der Waals surface area contributed by atoms with Gasteiger partial charge in [0.15, 0.2) is 0 Å². The Kier molecular flexibility index (Phi) is 3.87. The lowest BCUT2D eigenvalue weighted by molar-refractivity contribution is 0.874. The molecule has 2 rings (SSSR count). The summed E-state index contributed by atoms with van der Waals surface area (Å²) in [6.45, 7) is 4.07. The van der Waals surface area contributed by atoms with Crippen LogP contribution < -0.4 is 11.1 Å². The van der Waals surface area contributed by atoms with Crippen molar-refractivity contribution in [2.24, 2.45) is 0 Å². The molecule has 0 spiro atoms. The molecular formula is C14H16BrN3. The molecule has 0 aliphatic rings. The molecule has 94 valence electrons. The van der Waals surface area contributed by atoms with E-state index >= 15 is 0 Å². The third kappa shape index (κ3) is 2.82. The molecule has 0 radical (unpaired) electrons. The van der Waals surface area contributed by atoms with E-state index in [-0.39, 0.29) is 6.04 Å². The van der Waals surface area contributed by atoms with E-state index in [0.717, 1.165) is 15.9 Å². The van der Waals surface area contributed by atoms with Gasteiger partial charge in [0, 0.05) is 10.7 Å². The lowest BCUT2D eigenvalue weighted by atomic mass is 10.1. The highest BCUT2D eigenvalue weighted by molar-refractivity contribution is 9.10. The first kappa shape index (κ1) is 12.9. The van der Waals surface area contributed by atoms with Crippen LogP contribution in [0.5, 0.6) is 0 Å². The number of nitrogens with two attached hydrogens (primary N) is 1. The van der Waals surface area contributed by atoms with Crippen molar-refractivity contribution < 1.29 is 0 Å². The zero-order valence-corrected chi connectivity index (χ0v) is 12.0. The average Bonchev–Trinajstić information content (AvgIpc) is 2.36. The second-order valence-electron chi connectivity index (χ2n) is 4.31. The van der Waals surface area contributed by atoms with Gasteiger partial charge in [0.2, 0.25) is 0 Å². The summed E-state index contributed by atoms with van der Waals surface area (Å²) in [5, 5.41) is 3.34. The number of anilines is 2. The molecule has 0 fully saturated rings. The van der Waals surface area contributed by atoms with Crippen LogP contribution in [-0.2, 0) is 0 Å². The van der Waals surface area contributed by atoms with E-state index in [1.165, 1.54) is 5.56 Å². The summed E-state index contributed by atoms with van der Waals surface area (Å²) >= 11 is 3.43. The molecule has 0 aliphatic carbocycles. The molecule has 2 aromatic rings. The fraction of sp³-hybridized carbons (Fsp3) is 0.214. The van der Waals surface area contributed by atoms with Crippen LogP contribution in [-0.4, -0.2) is 4.98 Å². The zero-order chi connectivity index (χ0) is 13.1. The van der Waals surface area contributed by atoms with Gasteiger partial charge in [-0.15, -0.1) is 0 Å². The Morgan fingerprint density at radius 2 is 1.89 bits per heavy atom. The predicted molar refractivity (Wildman–Crippen MR) is 79.6 cm³/mol. The molecule has 4 heteroatoms. The summed E-state index contributed by atoms with van der Waals surface area (Å²) in [4.78, 5) is 4.28. The Morgan fingerprint density at radius 1 is 1.22 bits per heavy atom. The first-order valence-corrected chi connectivity index (χ1v) is 6.60. The van der Waals surface area contributed by atoms with Crippen molar-refractivity contribution in [3.8, 4) is 0 Å². The third-order valence-electron chi connectivity index (χ3n) is 2.93. The molecular weight excluding hydrogens is 290 g/mol. The van der Waals surface area contributed by atoms with Crippen molar-refractivity contribution in [2.75, 3.05) is 11.1 Å². The maximum atomic E-state index is 6.00. The Hall–Kier alpha value is -1.55. The molecule has 1 heterocycles. The molecule has 0 saturated heterocycles. The van der Waals surface area contributed by atoms with Crippen LogP contribution in [0.25, 0.3) is 0 Å². The lowest BCUT2D eigenvalue weighted by Gasteiger charge is -2.17. The lowest BCUT2D eigenvalue weighted by Crippen LogP contribution is -2.10. The highest BCUT2D eigenvalue weighted by Gasteiger charge is 2.09. The van der Waals surface area contributed by atoms with Crippen molar-refractivity contribution in [3.63, 3.8) is 0 Å². The fourth-order valence-electron chi connectivity index (χ4n) is 1.72. The first-order chi connectivity index (χ1) is 8.58. The van der Waals surface area contributed by atoms with Crippen LogP contribution in [0, 0.1) is 6.92 Å². The van der Waals surface area contributed by atoms with E-state index in [9.17, 15) is 0 Å². The molecule has 1 atom stereocenters. The number of nitrogens with zero attached hydrogens (tertiary/aromatic N) is 1. The van der Waals surface area contributed by atoms with Gasteiger partial charge in [-0.2, -0.15) is 0 Å². The smallest absolute Gasteiger partial charge is 0.149 e. The summed E-state index contributed by atoms with van der Waals surface area (Å²) < 4.78 is 1.08. The largest absolute Gasteiger partial charge is 0.396 e. The van der Waals surface area contributed by atoms with Gasteiger partial charge < -0.3 is 11.1 Å². The van der Waals surface area contributed by atoms with Gasteiger partial charge >= 0.3 is 0 Å². The standard InChI is InChI=1S/C14H16BrN3/c1-9-7-8-17-14(13(9)16)18-10(2)11-3-5-12(15)6-4-11/h3-8,10H,16H2,1-2H3,(H,17,18)/t10-/m1/s1. The predicted octanol–water partition coefficient (Wildman–Crippen LogP) is 3.91. The fourth-order valence-corrected chi connectivity index (χ4v) is 1.99. The van der Waals surface area contributed by atoms with Crippen LogP contribution in [0.1, 0.15) is 24.1 Å². The second-order valence-corrected chi connectivity index (χ2v) is 5.22. The number of nitrogens with one attached hydrogen (secondary N) is 1. The van der Waals surface area contributed by atoms with Gasteiger partial charge in [0.05, 0.1) is 11.7 Å². The summed E-state index contributed by atoms with van der Waals surface area (Å²) in [6, 6.07) is 10.3. The number of hydrogen-bond acceptors (Lipinski definition) is 3. The van der Waals surface area contributed by atoms with Gasteiger partial charge in [0.25, 0.3) is 0 Å². The van der Waals surface area contributed by atoms with Gasteiger partial charge in [-0.25, -0.2) is 4.98 Å². The molecule has 1 aromatic carbocycles. The van der Waals surface area contributed by atoms with Crippen molar-refractivity contribution in [3.05, 3.63) is 52.1 Å². The summed E-state index contributed by atoms with van der Waals surface area (Å²) in [6.07, 6.45) is 1.77. The monoisotopic (exact) mass is 305 g/mol. The highest BCUT2D eigenvalue weighted by atomic mass is 79.9. The Morgan fingerprint density at radius 3 is 2.56 bits per heavy atom. The van der Waals surface area contributed by atoms with Crippen LogP contribution >= 0.6 is 15.9 Å². The molecule has 3 N–H and O–H groups in total. The van der Waals surface area contributed by atoms with E-state index in [1.807, 2.05) is 25.1 Å². The van der Waals surface area contributed by atoms with E-state index in [1.54, 1.807) is 6.20 Å². The van der Waals surface area contributed by atoms with Crippen molar-refractivity contribution in [1.82, 2.24) is 4.98 Å². The summed E-state index contributed by atoms with van der Waals surface area (Å²) in [7, 11) is 0. The third-order valence-corrected chi connectivity index (χ3v) is 3.46. The van der Waals surface area contributed by atoms with Gasteiger partial charge in [-0.1, -0.05) is 28.1 Å². The van der Waals surface area contributed by atoms with Gasteiger partial charge in [-0.3, -0.25) is 0 Å². The Bertz CT molecular complexity index is 537. The number of aromatic nitrogens is 1. The summed E-state index contributed by atoms with van der Waals surface area (Å²) in [5.74, 6) is 0.741. The van der Waals surface area contributed by atoms with Crippen LogP contribution in [0.2, 0.25) is 0 Å². The molecule has 0 saturated carbocycles. The first-order valence-electron chi connectivity index (χ1n) is 5.81. The van der Waals surface area contributed by atoms with Crippen molar-refractivity contribution in [2.45, 2.75) is 19.9 Å².